The molecular formula is C62H79N3O5. The van der Waals surface area contributed by atoms with Crippen molar-refractivity contribution in [2.24, 2.45) is 80.7 Å². The molecule has 18 aliphatic rings. The molecule has 9 heterocycles. The van der Waals surface area contributed by atoms with E-state index in [9.17, 15) is 5.11 Å². The van der Waals surface area contributed by atoms with Crippen molar-refractivity contribution in [3.05, 3.63) is 80.5 Å². The molecular weight excluding hydrogens is 867 g/mol. The van der Waals surface area contributed by atoms with Crippen LogP contribution in [0.1, 0.15) is 183 Å². The molecule has 70 heavy (non-hydrogen) atoms. The molecule has 3 saturated heterocycles. The van der Waals surface area contributed by atoms with Gasteiger partial charge in [-0.15, -0.1) is 0 Å². The number of benzene rings is 1. The molecule has 0 radical (unpaired) electrons. The molecule has 0 amide bonds. The summed E-state index contributed by atoms with van der Waals surface area (Å²) in [5, 5.41) is 13.7. The number of aliphatic hydroxyl groups excluding tert-OH is 1. The molecule has 1 aromatic rings. The maximum absolute atomic E-state index is 16.6. The maximum Gasteiger partial charge on any atom is 0.339 e. The lowest BCUT2D eigenvalue weighted by Crippen LogP contribution is -2.78. The van der Waals surface area contributed by atoms with Gasteiger partial charge in [-0.2, -0.15) is 0 Å². The van der Waals surface area contributed by atoms with Gasteiger partial charge in [-0.1, -0.05) is 80.0 Å². The van der Waals surface area contributed by atoms with Gasteiger partial charge in [0, 0.05) is 67.2 Å². The minimum Gasteiger partial charge on any atom is -0.509 e. The van der Waals surface area contributed by atoms with E-state index in [0.717, 1.165) is 62.9 Å². The predicted molar refractivity (Wildman–Crippen MR) is 268 cm³/mol. The summed E-state index contributed by atoms with van der Waals surface area (Å²) in [6.45, 7) is 6.54. The van der Waals surface area contributed by atoms with Crippen LogP contribution >= 0.6 is 0 Å². The summed E-state index contributed by atoms with van der Waals surface area (Å²) in [4.78, 5) is 37.9. The summed E-state index contributed by atoms with van der Waals surface area (Å²) >= 11 is 0. The Labute approximate surface area is 416 Å². The smallest absolute Gasteiger partial charge is 0.339 e. The van der Waals surface area contributed by atoms with Crippen LogP contribution in [0.4, 0.5) is 0 Å². The fourth-order valence-corrected chi connectivity index (χ4v) is 22.8. The zero-order chi connectivity index (χ0) is 46.7. The van der Waals surface area contributed by atoms with Crippen molar-refractivity contribution in [3.63, 3.8) is 0 Å². The van der Waals surface area contributed by atoms with Crippen LogP contribution < -0.4 is 5.73 Å². The number of piperidine rings is 2. The Morgan fingerprint density at radius 1 is 0.843 bits per heavy atom. The first-order valence-corrected chi connectivity index (χ1v) is 29.5. The van der Waals surface area contributed by atoms with Crippen LogP contribution in [0.25, 0.3) is 0 Å². The highest BCUT2D eigenvalue weighted by atomic mass is 16.6. The molecule has 15 unspecified atom stereocenters. The largest absolute Gasteiger partial charge is 0.509 e. The molecule has 0 aromatic heterocycles. The fourth-order valence-electron chi connectivity index (χ4n) is 22.8. The second-order valence-electron chi connectivity index (χ2n) is 27.3. The Morgan fingerprint density at radius 2 is 1.71 bits per heavy atom. The number of nitrogens with zero attached hydrogens (tertiary/aromatic N) is 2. The third-order valence-corrected chi connectivity index (χ3v) is 25.1. The summed E-state index contributed by atoms with van der Waals surface area (Å²) in [6.07, 6.45) is 31.1. The zero-order valence-corrected chi connectivity index (χ0v) is 42.2. The number of allylic oxidation sites excluding steroid dienone is 4. The molecule has 9 aliphatic carbocycles. The number of hydrogen-bond donors (Lipinski definition) is 2. The van der Waals surface area contributed by atoms with E-state index in [-0.39, 0.29) is 35.2 Å². The van der Waals surface area contributed by atoms with Crippen molar-refractivity contribution in [1.82, 2.24) is 9.80 Å². The molecule has 8 fully saturated rings. The van der Waals surface area contributed by atoms with Crippen LogP contribution in [-0.2, 0) is 26.3 Å². The minimum atomic E-state index is -1.13. The molecule has 15 atom stereocenters. The predicted octanol–water partition coefficient (Wildman–Crippen LogP) is 11.7. The van der Waals surface area contributed by atoms with E-state index in [1.807, 2.05) is 0 Å². The number of aliphatic hydroxyl groups is 1. The van der Waals surface area contributed by atoms with Gasteiger partial charge in [-0.05, 0) is 186 Å². The van der Waals surface area contributed by atoms with Gasteiger partial charge in [-0.3, -0.25) is 9.69 Å². The first-order chi connectivity index (χ1) is 34.1. The fraction of sp³-hybridized carbons (Fsp3) is 0.742. The van der Waals surface area contributed by atoms with Gasteiger partial charge in [0.25, 0.3) is 0 Å². The van der Waals surface area contributed by atoms with E-state index in [1.54, 1.807) is 22.4 Å². The first-order valence-electron chi connectivity index (χ1n) is 29.5. The Hall–Kier alpha value is -3.36. The number of ether oxygens (including phenoxy) is 2. The topological polar surface area (TPSA) is 105 Å². The van der Waals surface area contributed by atoms with Crippen LogP contribution in [0.15, 0.2) is 63.8 Å². The van der Waals surface area contributed by atoms with Crippen molar-refractivity contribution < 1.29 is 24.2 Å². The highest BCUT2D eigenvalue weighted by Crippen LogP contribution is 2.89. The van der Waals surface area contributed by atoms with E-state index in [2.05, 4.69) is 41.0 Å². The minimum absolute atomic E-state index is 0.126. The molecule has 8 heteroatoms. The lowest BCUT2D eigenvalue weighted by Gasteiger charge is -2.74. The molecule has 3 N–H and O–H groups in total. The van der Waals surface area contributed by atoms with Crippen molar-refractivity contribution in [2.75, 3.05) is 26.2 Å². The maximum atomic E-state index is 16.6. The van der Waals surface area contributed by atoms with Crippen molar-refractivity contribution in [2.45, 2.75) is 185 Å². The van der Waals surface area contributed by atoms with Gasteiger partial charge in [0.15, 0.2) is 11.4 Å². The van der Waals surface area contributed by atoms with Gasteiger partial charge in [0.1, 0.15) is 11.2 Å². The third kappa shape index (κ3) is 5.05. The molecule has 5 spiro atoms. The van der Waals surface area contributed by atoms with Crippen LogP contribution in [0.3, 0.4) is 0 Å². The molecule has 1 aromatic carbocycles. The number of aryl methyl sites for hydroxylation is 1. The van der Waals surface area contributed by atoms with Gasteiger partial charge < -0.3 is 25.2 Å². The van der Waals surface area contributed by atoms with Crippen LogP contribution in [0.5, 0.6) is 0 Å². The van der Waals surface area contributed by atoms with Crippen LogP contribution in [-0.4, -0.2) is 65.1 Å². The molecule has 19 rings (SSSR count). The highest BCUT2D eigenvalue weighted by Gasteiger charge is 2.94. The first kappa shape index (κ1) is 43.1. The summed E-state index contributed by atoms with van der Waals surface area (Å²) in [7, 11) is 0. The normalized spacial score (nSPS) is 46.6. The van der Waals surface area contributed by atoms with E-state index in [1.165, 1.54) is 115 Å². The SMILES string of the molecule is CC1CC2=C3C4C5=C6C7CC14CCC7=CC(C1CCCCC1)CC1C64C(=O)OC(=C(O)CC(C6CCC7(CCCC7)C6)N6CC7CC(C6)C(CC2)N3C7)C4(CC5)C12OC(=O)c1c(CCCN)cccc12. The highest BCUT2D eigenvalue weighted by molar-refractivity contribution is 6.00. The number of nitrogens with two attached hydrogens (primary N) is 1. The number of esters is 2. The van der Waals surface area contributed by atoms with Gasteiger partial charge in [-0.25, -0.2) is 4.79 Å². The van der Waals surface area contributed by atoms with Crippen LogP contribution in [0.2, 0.25) is 0 Å². The Kier molecular flexibility index (Phi) is 9.04. The van der Waals surface area contributed by atoms with E-state index < -0.39 is 16.4 Å². The van der Waals surface area contributed by atoms with Gasteiger partial charge >= 0.3 is 11.9 Å². The van der Waals surface area contributed by atoms with E-state index in [0.29, 0.717) is 95.8 Å². The number of fused-ring (bicyclic) bond motifs is 3. The lowest BCUT2D eigenvalue weighted by molar-refractivity contribution is -0.284. The number of hydrogen-bond acceptors (Lipinski definition) is 8. The monoisotopic (exact) mass is 946 g/mol. The molecule has 8 nitrogen and oxygen atoms in total. The third-order valence-electron chi connectivity index (χ3n) is 25.1. The zero-order valence-electron chi connectivity index (χ0n) is 42.2. The summed E-state index contributed by atoms with van der Waals surface area (Å²) in [5.41, 5.74) is 14.4. The number of rotatable bonds is 5. The van der Waals surface area contributed by atoms with Gasteiger partial charge in [0.2, 0.25) is 0 Å². The average molecular weight is 946 g/mol. The molecule has 14 bridgehead atoms. The Balaban J connectivity index is 0.986. The second-order valence-corrected chi connectivity index (χ2v) is 27.3. The molecule has 9 aliphatic heterocycles. The number of carbonyl (C=O) groups is 2. The second kappa shape index (κ2) is 14.7. The quantitative estimate of drug-likeness (QED) is 0.222. The van der Waals surface area contributed by atoms with Crippen molar-refractivity contribution in [3.8, 4) is 0 Å². The van der Waals surface area contributed by atoms with Crippen molar-refractivity contribution >= 4 is 11.9 Å². The van der Waals surface area contributed by atoms with Gasteiger partial charge in [0.05, 0.1) is 11.0 Å². The van der Waals surface area contributed by atoms with Crippen LogP contribution in [0, 0.1) is 74.9 Å². The van der Waals surface area contributed by atoms with Crippen molar-refractivity contribution in [1.29, 1.82) is 0 Å². The van der Waals surface area contributed by atoms with E-state index >= 15 is 9.59 Å². The molecule has 372 valence electrons. The Bertz CT molecular complexity index is 2630. The number of carbonyl (C=O) groups excluding carboxylic acids is 2. The summed E-state index contributed by atoms with van der Waals surface area (Å²) < 4.78 is 14.7. The summed E-state index contributed by atoms with van der Waals surface area (Å²) in [6, 6.07) is 7.23. The Morgan fingerprint density at radius 3 is 2.57 bits per heavy atom. The molecule has 5 saturated carbocycles. The van der Waals surface area contributed by atoms with E-state index in [4.69, 9.17) is 15.2 Å². The lowest BCUT2D eigenvalue weighted by atomic mass is 9.26. The standard InChI is InChI=1S/C62H79N3O5/c1-35-25-40-14-15-47-43-26-36-32-64(34-43)48(41-16-21-58(30-41)19-5-6-20-58)29-49(66)55-60-23-18-44-52-45-31-59(35,53(44)54(40)65(47)33-36)22-17-39(45)27-42(37-9-3-2-4-10-37)28-50(61(52,60)57(68)69-55)62(60)46-13-7-11-38(12-8-24-63)51(46)56(67)70-62/h7,11,13,27,35-37,41-43,45,47-48,50,53,66H,2-6,8-10,12,14-26,28-34,63H2,1H3. The average Bonchev–Trinajstić information content (AvgIpc) is 4.18. The summed E-state index contributed by atoms with van der Waals surface area (Å²) in [5.74, 6) is 3.79.